The lowest BCUT2D eigenvalue weighted by atomic mass is 9.80. The lowest BCUT2D eigenvalue weighted by Gasteiger charge is -2.27. The number of aromatic nitrogens is 2. The minimum atomic E-state index is -0.195. The number of nitrogens with two attached hydrogens (primary N) is 1. The van der Waals surface area contributed by atoms with Gasteiger partial charge in [0.25, 0.3) is 0 Å². The minimum absolute atomic E-state index is 0. The summed E-state index contributed by atoms with van der Waals surface area (Å²) < 4.78 is 0. The van der Waals surface area contributed by atoms with Crippen molar-refractivity contribution >= 4 is 35.7 Å². The molecule has 1 heterocycles. The Kier molecular flexibility index (Phi) is 5.98. The highest BCUT2D eigenvalue weighted by Gasteiger charge is 2.29. The molecule has 0 saturated heterocycles. The molecule has 0 radical (unpaired) electrons. The van der Waals surface area contributed by atoms with E-state index in [4.69, 9.17) is 22.7 Å². The summed E-state index contributed by atoms with van der Waals surface area (Å²) >= 11 is 6.42. The van der Waals surface area contributed by atoms with Gasteiger partial charge in [-0.05, 0) is 49.8 Å². The summed E-state index contributed by atoms with van der Waals surface area (Å²) in [5.41, 5.74) is 13.9. The normalized spacial score (nSPS) is 17.6. The van der Waals surface area contributed by atoms with Crippen LogP contribution < -0.4 is 11.2 Å². The average molecular weight is 379 g/mol. The number of hydrogen-bond acceptors (Lipinski definition) is 4. The molecule has 25 heavy (non-hydrogen) atoms. The van der Waals surface area contributed by atoms with Crippen LogP contribution in [0.3, 0.4) is 0 Å². The van der Waals surface area contributed by atoms with Gasteiger partial charge in [-0.25, -0.2) is 5.43 Å². The van der Waals surface area contributed by atoms with Gasteiger partial charge in [0, 0.05) is 10.6 Å². The van der Waals surface area contributed by atoms with E-state index >= 15 is 0 Å². The second kappa shape index (κ2) is 7.80. The third-order valence-electron chi connectivity index (χ3n) is 4.18. The molecule has 6 nitrogen and oxygen atoms in total. The van der Waals surface area contributed by atoms with Gasteiger partial charge in [0.2, 0.25) is 5.96 Å². The zero-order valence-corrected chi connectivity index (χ0v) is 15.6. The number of hydrogen-bond donors (Lipinski definition) is 3. The molecular weight excluding hydrogens is 359 g/mol. The molecule has 0 saturated carbocycles. The summed E-state index contributed by atoms with van der Waals surface area (Å²) in [5, 5.41) is 20.8. The van der Waals surface area contributed by atoms with Crippen molar-refractivity contribution in [3.63, 3.8) is 0 Å². The molecule has 0 amide bonds. The fourth-order valence-electron chi connectivity index (χ4n) is 3.13. The number of fused-ring (bicyclic) bond motifs is 1. The molecule has 8 heteroatoms. The van der Waals surface area contributed by atoms with E-state index in [2.05, 4.69) is 26.8 Å². The number of halogens is 2. The Labute approximate surface area is 157 Å². The molecule has 0 fully saturated rings. The van der Waals surface area contributed by atoms with Gasteiger partial charge >= 0.3 is 0 Å². The predicted molar refractivity (Wildman–Crippen MR) is 103 cm³/mol. The van der Waals surface area contributed by atoms with Crippen LogP contribution in [-0.4, -0.2) is 21.9 Å². The first-order valence-corrected chi connectivity index (χ1v) is 8.07. The summed E-state index contributed by atoms with van der Waals surface area (Å²) in [7, 11) is 0. The first-order chi connectivity index (χ1) is 11.5. The third-order valence-corrected chi connectivity index (χ3v) is 4.53. The monoisotopic (exact) mass is 378 g/mol. The molecule has 1 unspecified atom stereocenters. The smallest absolute Gasteiger partial charge is 0.206 e. The van der Waals surface area contributed by atoms with Crippen LogP contribution in [0.1, 0.15) is 40.3 Å². The van der Waals surface area contributed by atoms with Gasteiger partial charge in [-0.1, -0.05) is 29.3 Å². The number of rotatable bonds is 2. The lowest BCUT2D eigenvalue weighted by Crippen LogP contribution is -2.30. The van der Waals surface area contributed by atoms with E-state index in [1.807, 2.05) is 26.0 Å². The maximum atomic E-state index is 7.34. The Balaban J connectivity index is 0.00000225. The summed E-state index contributed by atoms with van der Waals surface area (Å²) in [6, 6.07) is 6.03. The fraction of sp³-hybridized carbons (Fsp3) is 0.294. The number of benzene rings is 1. The van der Waals surface area contributed by atoms with Crippen LogP contribution in [0.4, 0.5) is 0 Å². The van der Waals surface area contributed by atoms with Crippen molar-refractivity contribution in [1.82, 2.24) is 15.6 Å². The van der Waals surface area contributed by atoms with Gasteiger partial charge < -0.3 is 5.73 Å². The molecule has 0 aliphatic heterocycles. The number of nitrogens with zero attached hydrogens (tertiary/aromatic N) is 3. The van der Waals surface area contributed by atoms with Crippen LogP contribution >= 0.6 is 24.0 Å². The maximum Gasteiger partial charge on any atom is 0.206 e. The Hall–Kier alpha value is -2.18. The van der Waals surface area contributed by atoms with E-state index < -0.39 is 0 Å². The van der Waals surface area contributed by atoms with Gasteiger partial charge in [-0.15, -0.1) is 12.4 Å². The standard InChI is InChI=1S/C17H19ClN6.ClH/c1-9-3-4-13(18)12(5-9)11-6-14-16(10(2)8-21-22-14)15(7-11)23-24-17(19)20;/h3-5,8,11H,6-7H2,1-2H3,(H4,19,20,24);1H. The first kappa shape index (κ1) is 19.1. The highest BCUT2D eigenvalue weighted by molar-refractivity contribution is 6.31. The van der Waals surface area contributed by atoms with E-state index in [0.29, 0.717) is 6.42 Å². The molecular formula is C17H20Cl2N6. The quantitative estimate of drug-likeness (QED) is 0.424. The molecule has 0 spiro atoms. The lowest BCUT2D eigenvalue weighted by molar-refractivity contribution is 0.663. The van der Waals surface area contributed by atoms with Crippen molar-refractivity contribution in [2.45, 2.75) is 32.6 Å². The summed E-state index contributed by atoms with van der Waals surface area (Å²) in [4.78, 5) is 0. The SMILES string of the molecule is Cc1ccc(Cl)c(C2CC(=NNC(=N)N)c3c(C)cnnc3C2)c1.Cl. The molecule has 1 aromatic heterocycles. The van der Waals surface area contributed by atoms with Crippen LogP contribution in [0.5, 0.6) is 0 Å². The van der Waals surface area contributed by atoms with Gasteiger partial charge in [0.15, 0.2) is 0 Å². The second-order valence-corrected chi connectivity index (χ2v) is 6.47. The van der Waals surface area contributed by atoms with Crippen molar-refractivity contribution in [3.8, 4) is 0 Å². The molecule has 2 aromatic rings. The Morgan fingerprint density at radius 3 is 2.84 bits per heavy atom. The number of guanidine groups is 1. The highest BCUT2D eigenvalue weighted by atomic mass is 35.5. The van der Waals surface area contributed by atoms with Crippen LogP contribution in [0.15, 0.2) is 29.5 Å². The first-order valence-electron chi connectivity index (χ1n) is 7.70. The fourth-order valence-corrected chi connectivity index (χ4v) is 3.40. The maximum absolute atomic E-state index is 7.34. The van der Waals surface area contributed by atoms with Crippen molar-refractivity contribution in [2.75, 3.05) is 0 Å². The Morgan fingerprint density at radius 1 is 1.36 bits per heavy atom. The Bertz CT molecular complexity index is 834. The minimum Gasteiger partial charge on any atom is -0.369 e. The number of aryl methyl sites for hydroxylation is 2. The van der Waals surface area contributed by atoms with E-state index in [1.54, 1.807) is 6.20 Å². The molecule has 3 rings (SSSR count). The molecule has 132 valence electrons. The zero-order chi connectivity index (χ0) is 17.3. The van der Waals surface area contributed by atoms with Gasteiger partial charge in [-0.3, -0.25) is 5.41 Å². The van der Waals surface area contributed by atoms with E-state index in [0.717, 1.165) is 45.1 Å². The number of nitrogens with one attached hydrogen (secondary N) is 2. The highest BCUT2D eigenvalue weighted by Crippen LogP contribution is 2.36. The summed E-state index contributed by atoms with van der Waals surface area (Å²) in [6.45, 7) is 4.03. The van der Waals surface area contributed by atoms with Crippen molar-refractivity contribution in [1.29, 1.82) is 5.41 Å². The third kappa shape index (κ3) is 4.08. The summed E-state index contributed by atoms with van der Waals surface area (Å²) in [5.74, 6) is -0.0343. The van der Waals surface area contributed by atoms with Crippen LogP contribution in [0.2, 0.25) is 5.02 Å². The molecule has 1 aliphatic rings. The molecule has 1 aliphatic carbocycles. The molecule has 4 N–H and O–H groups in total. The van der Waals surface area contributed by atoms with E-state index in [-0.39, 0.29) is 24.3 Å². The van der Waals surface area contributed by atoms with E-state index in [1.165, 1.54) is 0 Å². The second-order valence-electron chi connectivity index (χ2n) is 6.06. The van der Waals surface area contributed by atoms with Crippen LogP contribution in [-0.2, 0) is 6.42 Å². The van der Waals surface area contributed by atoms with Gasteiger partial charge in [0.05, 0.1) is 17.6 Å². The van der Waals surface area contributed by atoms with Gasteiger partial charge in [-0.2, -0.15) is 15.3 Å². The Morgan fingerprint density at radius 2 is 2.12 bits per heavy atom. The van der Waals surface area contributed by atoms with Gasteiger partial charge in [0.1, 0.15) is 0 Å². The largest absolute Gasteiger partial charge is 0.369 e. The number of hydrazone groups is 1. The van der Waals surface area contributed by atoms with Crippen LogP contribution in [0, 0.1) is 19.3 Å². The summed E-state index contributed by atoms with van der Waals surface area (Å²) in [6.07, 6.45) is 3.18. The van der Waals surface area contributed by atoms with Crippen molar-refractivity contribution < 1.29 is 0 Å². The van der Waals surface area contributed by atoms with Crippen molar-refractivity contribution in [2.24, 2.45) is 10.8 Å². The molecule has 0 bridgehead atoms. The molecule has 1 aromatic carbocycles. The average Bonchev–Trinajstić information content (AvgIpc) is 2.54. The van der Waals surface area contributed by atoms with Crippen molar-refractivity contribution in [3.05, 3.63) is 57.4 Å². The predicted octanol–water partition coefficient (Wildman–Crippen LogP) is 3.09. The molecule has 1 atom stereocenters. The topological polar surface area (TPSA) is 100 Å². The zero-order valence-electron chi connectivity index (χ0n) is 14.0. The van der Waals surface area contributed by atoms with E-state index in [9.17, 15) is 0 Å². The van der Waals surface area contributed by atoms with Crippen LogP contribution in [0.25, 0.3) is 0 Å².